The second kappa shape index (κ2) is 8.56. The Hall–Kier alpha value is -3.32. The Morgan fingerprint density at radius 3 is 2.64 bits per heavy atom. The number of rotatable bonds is 4. The molecule has 33 heavy (non-hydrogen) atoms. The fourth-order valence-electron chi connectivity index (χ4n) is 4.38. The van der Waals surface area contributed by atoms with Gasteiger partial charge in [0.15, 0.2) is 0 Å². The van der Waals surface area contributed by atoms with Crippen molar-refractivity contribution in [2.45, 2.75) is 32.2 Å². The summed E-state index contributed by atoms with van der Waals surface area (Å²) < 4.78 is 35.5. The van der Waals surface area contributed by atoms with Crippen molar-refractivity contribution in [2.75, 3.05) is 6.61 Å². The van der Waals surface area contributed by atoms with Gasteiger partial charge >= 0.3 is 0 Å². The van der Waals surface area contributed by atoms with Crippen molar-refractivity contribution in [2.24, 2.45) is 0 Å². The first-order valence-electron chi connectivity index (χ1n) is 10.8. The van der Waals surface area contributed by atoms with Crippen molar-refractivity contribution in [3.8, 4) is 16.9 Å². The minimum absolute atomic E-state index is 0.00491. The number of amides is 1. The van der Waals surface area contributed by atoms with Crippen molar-refractivity contribution in [1.29, 1.82) is 0 Å². The van der Waals surface area contributed by atoms with Gasteiger partial charge in [-0.05, 0) is 30.2 Å². The highest BCUT2D eigenvalue weighted by molar-refractivity contribution is 7.21. The van der Waals surface area contributed by atoms with Crippen molar-refractivity contribution in [3.63, 3.8) is 0 Å². The van der Waals surface area contributed by atoms with E-state index in [2.05, 4.69) is 10.3 Å². The van der Waals surface area contributed by atoms with E-state index in [0.717, 1.165) is 16.9 Å². The molecule has 0 unspecified atom stereocenters. The number of thiophene rings is 1. The molecule has 4 aromatic rings. The van der Waals surface area contributed by atoms with Crippen LogP contribution in [-0.2, 0) is 0 Å². The van der Waals surface area contributed by atoms with Crippen LogP contribution in [0.15, 0.2) is 54.7 Å². The quantitative estimate of drug-likeness (QED) is 0.369. The standard InChI is InChI=1S/C26H22F2N2O2S/c1-14(2)21-23-24(16(10-12-29-23)22-17(27)7-5-8-18(22)28)33-25(21)26(31)30-19-11-13-32-20-9-4-3-6-15(19)20/h3-10,12,14,19H,11,13H2,1-2H3,(H,30,31)/t19-/m0/s1. The SMILES string of the molecule is CC(C)c1c(C(=O)N[C@H]2CCOc3ccccc32)sc2c(-c3c(F)cccc3F)ccnc12. The largest absolute Gasteiger partial charge is 0.493 e. The summed E-state index contributed by atoms with van der Waals surface area (Å²) in [5.74, 6) is -0.745. The normalized spacial score (nSPS) is 15.4. The van der Waals surface area contributed by atoms with Crippen LogP contribution in [-0.4, -0.2) is 17.5 Å². The predicted molar refractivity (Wildman–Crippen MR) is 126 cm³/mol. The Kier molecular flexibility index (Phi) is 5.58. The highest BCUT2D eigenvalue weighted by Gasteiger charge is 2.28. The number of pyridine rings is 1. The number of nitrogens with one attached hydrogen (secondary N) is 1. The molecular formula is C26H22F2N2O2S. The zero-order valence-electron chi connectivity index (χ0n) is 18.2. The molecule has 0 bridgehead atoms. The number of hydrogen-bond acceptors (Lipinski definition) is 4. The summed E-state index contributed by atoms with van der Waals surface area (Å²) in [6.07, 6.45) is 2.20. The number of benzene rings is 2. The van der Waals surface area contributed by atoms with Crippen LogP contribution < -0.4 is 10.1 Å². The van der Waals surface area contributed by atoms with E-state index >= 15 is 0 Å². The van der Waals surface area contributed by atoms with Crippen LogP contribution in [0.25, 0.3) is 21.3 Å². The molecule has 4 nitrogen and oxygen atoms in total. The van der Waals surface area contributed by atoms with Gasteiger partial charge in [0, 0.05) is 29.3 Å². The topological polar surface area (TPSA) is 51.2 Å². The van der Waals surface area contributed by atoms with Gasteiger partial charge in [0.1, 0.15) is 17.4 Å². The van der Waals surface area contributed by atoms with Crippen molar-refractivity contribution >= 4 is 27.5 Å². The van der Waals surface area contributed by atoms with Gasteiger partial charge in [-0.2, -0.15) is 0 Å². The van der Waals surface area contributed by atoms with Gasteiger partial charge in [-0.15, -0.1) is 11.3 Å². The zero-order chi connectivity index (χ0) is 23.1. The Bertz CT molecular complexity index is 1350. The maximum atomic E-state index is 14.6. The fraction of sp³-hybridized carbons (Fsp3) is 0.231. The molecule has 0 fully saturated rings. The van der Waals surface area contributed by atoms with Crippen molar-refractivity contribution < 1.29 is 18.3 Å². The number of halogens is 2. The fourth-order valence-corrected chi connectivity index (χ4v) is 5.72. The smallest absolute Gasteiger partial charge is 0.262 e. The Morgan fingerprint density at radius 1 is 1.12 bits per heavy atom. The molecule has 1 aliphatic rings. The third-order valence-electron chi connectivity index (χ3n) is 5.89. The third kappa shape index (κ3) is 3.76. The summed E-state index contributed by atoms with van der Waals surface area (Å²) in [6, 6.07) is 12.9. The van der Waals surface area contributed by atoms with E-state index in [4.69, 9.17) is 4.74 Å². The van der Waals surface area contributed by atoms with E-state index in [0.29, 0.717) is 33.7 Å². The number of aromatic nitrogens is 1. The van der Waals surface area contributed by atoms with E-state index in [9.17, 15) is 13.6 Å². The van der Waals surface area contributed by atoms with Crippen LogP contribution in [0, 0.1) is 11.6 Å². The second-order valence-corrected chi connectivity index (χ2v) is 9.35. The summed E-state index contributed by atoms with van der Waals surface area (Å²) in [5, 5.41) is 3.15. The molecule has 0 saturated carbocycles. The molecule has 2 aromatic carbocycles. The van der Waals surface area contributed by atoms with Gasteiger partial charge in [0.05, 0.1) is 33.3 Å². The molecule has 168 valence electrons. The summed E-state index contributed by atoms with van der Waals surface area (Å²) in [6.45, 7) is 4.49. The highest BCUT2D eigenvalue weighted by atomic mass is 32.1. The number of carbonyl (C=O) groups excluding carboxylic acids is 1. The van der Waals surface area contributed by atoms with Gasteiger partial charge in [0.2, 0.25) is 0 Å². The Labute approximate surface area is 194 Å². The van der Waals surface area contributed by atoms with Crippen LogP contribution in [0.5, 0.6) is 5.75 Å². The molecule has 5 rings (SSSR count). The van der Waals surface area contributed by atoms with Crippen LogP contribution in [0.4, 0.5) is 8.78 Å². The highest BCUT2D eigenvalue weighted by Crippen LogP contribution is 2.42. The molecule has 2 aromatic heterocycles. The molecule has 3 heterocycles. The zero-order valence-corrected chi connectivity index (χ0v) is 19.0. The van der Waals surface area contributed by atoms with Crippen LogP contribution in [0.2, 0.25) is 0 Å². The maximum Gasteiger partial charge on any atom is 0.262 e. The van der Waals surface area contributed by atoms with Gasteiger partial charge < -0.3 is 10.1 Å². The van der Waals surface area contributed by atoms with Crippen LogP contribution in [0.3, 0.4) is 0 Å². The second-order valence-electron chi connectivity index (χ2n) is 8.33. The molecule has 7 heteroatoms. The average molecular weight is 465 g/mol. The summed E-state index contributed by atoms with van der Waals surface area (Å²) >= 11 is 1.23. The number of fused-ring (bicyclic) bond motifs is 2. The molecule has 1 aliphatic heterocycles. The molecule has 1 atom stereocenters. The summed E-state index contributed by atoms with van der Waals surface area (Å²) in [5.41, 5.74) is 2.63. The monoisotopic (exact) mass is 464 g/mol. The lowest BCUT2D eigenvalue weighted by atomic mass is 9.98. The number of ether oxygens (including phenoxy) is 1. The Balaban J connectivity index is 1.61. The first kappa shape index (κ1) is 21.5. The average Bonchev–Trinajstić information content (AvgIpc) is 3.20. The minimum Gasteiger partial charge on any atom is -0.493 e. The van der Waals surface area contributed by atoms with E-state index < -0.39 is 11.6 Å². The van der Waals surface area contributed by atoms with E-state index in [1.807, 2.05) is 38.1 Å². The molecule has 0 saturated heterocycles. The van der Waals surface area contributed by atoms with E-state index in [1.54, 1.807) is 12.3 Å². The van der Waals surface area contributed by atoms with Gasteiger partial charge in [0.25, 0.3) is 5.91 Å². The van der Waals surface area contributed by atoms with Gasteiger partial charge in [-0.1, -0.05) is 38.1 Å². The van der Waals surface area contributed by atoms with Gasteiger partial charge in [-0.25, -0.2) is 8.78 Å². The lowest BCUT2D eigenvalue weighted by molar-refractivity contribution is 0.0928. The maximum absolute atomic E-state index is 14.6. The molecule has 0 spiro atoms. The number of carbonyl (C=O) groups is 1. The number of nitrogens with zero attached hydrogens (tertiary/aromatic N) is 1. The van der Waals surface area contributed by atoms with E-state index in [1.165, 1.54) is 29.5 Å². The van der Waals surface area contributed by atoms with Crippen molar-refractivity contribution in [1.82, 2.24) is 10.3 Å². The third-order valence-corrected chi connectivity index (χ3v) is 7.11. The van der Waals surface area contributed by atoms with Gasteiger partial charge in [-0.3, -0.25) is 9.78 Å². The molecule has 1 amide bonds. The molecule has 0 radical (unpaired) electrons. The van der Waals surface area contributed by atoms with Crippen molar-refractivity contribution in [3.05, 3.63) is 82.4 Å². The molecule has 1 N–H and O–H groups in total. The number of hydrogen-bond donors (Lipinski definition) is 1. The van der Waals surface area contributed by atoms with Crippen LogP contribution >= 0.6 is 11.3 Å². The summed E-state index contributed by atoms with van der Waals surface area (Å²) in [4.78, 5) is 18.5. The first-order valence-corrected chi connectivity index (χ1v) is 11.7. The lowest BCUT2D eigenvalue weighted by Gasteiger charge is -2.26. The lowest BCUT2D eigenvalue weighted by Crippen LogP contribution is -2.32. The summed E-state index contributed by atoms with van der Waals surface area (Å²) in [7, 11) is 0. The van der Waals surface area contributed by atoms with Crippen LogP contribution in [0.1, 0.15) is 53.0 Å². The molecule has 0 aliphatic carbocycles. The first-order chi connectivity index (χ1) is 16.0. The number of para-hydroxylation sites is 1. The van der Waals surface area contributed by atoms with E-state index in [-0.39, 0.29) is 23.4 Å². The molecular weight excluding hydrogens is 442 g/mol. The predicted octanol–water partition coefficient (Wildman–Crippen LogP) is 6.62. The Morgan fingerprint density at radius 2 is 1.88 bits per heavy atom. The minimum atomic E-state index is -0.646.